The van der Waals surface area contributed by atoms with Crippen molar-refractivity contribution in [3.8, 4) is 12.3 Å². The van der Waals surface area contributed by atoms with Crippen molar-refractivity contribution >= 4 is 21.8 Å². The molecule has 3 heteroatoms. The van der Waals surface area contributed by atoms with Gasteiger partial charge in [-0.3, -0.25) is 4.79 Å². The lowest BCUT2D eigenvalue weighted by molar-refractivity contribution is -0.135. The highest BCUT2D eigenvalue weighted by Gasteiger charge is 2.43. The molecule has 1 amide bonds. The van der Waals surface area contributed by atoms with Crippen LogP contribution in [-0.2, 0) is 4.79 Å². The van der Waals surface area contributed by atoms with Crippen LogP contribution in [0.4, 0.5) is 0 Å². The van der Waals surface area contributed by atoms with Crippen molar-refractivity contribution in [1.29, 1.82) is 0 Å². The van der Waals surface area contributed by atoms with Crippen molar-refractivity contribution in [2.24, 2.45) is 0 Å². The molecule has 2 nitrogen and oxygen atoms in total. The highest BCUT2D eigenvalue weighted by atomic mass is 79.9. The summed E-state index contributed by atoms with van der Waals surface area (Å²) >= 11 is 3.47. The molecule has 0 aliphatic heterocycles. The molecule has 0 aromatic heterocycles. The quantitative estimate of drug-likeness (QED) is 0.535. The highest BCUT2D eigenvalue weighted by Crippen LogP contribution is 2.41. The van der Waals surface area contributed by atoms with Crippen LogP contribution in [0.2, 0.25) is 0 Å². The third-order valence-corrected chi connectivity index (χ3v) is 3.80. The Morgan fingerprint density at radius 3 is 2.54 bits per heavy atom. The van der Waals surface area contributed by atoms with E-state index in [4.69, 9.17) is 6.42 Å². The SMILES string of the molecule is C#CC(C)N(C)C(=O)C1(Br)CCC1. The van der Waals surface area contributed by atoms with Crippen LogP contribution in [0.15, 0.2) is 0 Å². The number of terminal acetylenes is 1. The molecule has 0 N–H and O–H groups in total. The Balaban J connectivity index is 2.62. The molecule has 0 bridgehead atoms. The fourth-order valence-electron chi connectivity index (χ4n) is 1.30. The summed E-state index contributed by atoms with van der Waals surface area (Å²) in [6.07, 6.45) is 8.22. The standard InChI is InChI=1S/C10H14BrNO/c1-4-8(2)12(3)9(13)10(11)6-5-7-10/h1,8H,5-7H2,2-3H3. The van der Waals surface area contributed by atoms with Gasteiger partial charge in [-0.15, -0.1) is 6.42 Å². The van der Waals surface area contributed by atoms with Gasteiger partial charge in [0.15, 0.2) is 0 Å². The van der Waals surface area contributed by atoms with Gasteiger partial charge in [0.05, 0.1) is 6.04 Å². The average molecular weight is 244 g/mol. The van der Waals surface area contributed by atoms with Gasteiger partial charge in [-0.25, -0.2) is 0 Å². The van der Waals surface area contributed by atoms with Crippen LogP contribution in [0.5, 0.6) is 0 Å². The van der Waals surface area contributed by atoms with Gasteiger partial charge in [-0.1, -0.05) is 21.9 Å². The molecule has 1 rings (SSSR count). The molecular formula is C10H14BrNO. The minimum Gasteiger partial charge on any atom is -0.331 e. The van der Waals surface area contributed by atoms with E-state index in [2.05, 4.69) is 21.9 Å². The maximum absolute atomic E-state index is 11.8. The fourth-order valence-corrected chi connectivity index (χ4v) is 2.15. The van der Waals surface area contributed by atoms with Gasteiger partial charge in [0.1, 0.15) is 4.32 Å². The summed E-state index contributed by atoms with van der Waals surface area (Å²) in [5.41, 5.74) is 0. The zero-order valence-corrected chi connectivity index (χ0v) is 9.60. The Bertz CT molecular complexity index is 252. The third kappa shape index (κ3) is 1.88. The first-order valence-corrected chi connectivity index (χ1v) is 5.23. The Morgan fingerprint density at radius 1 is 1.69 bits per heavy atom. The molecule has 13 heavy (non-hydrogen) atoms. The van der Waals surface area contributed by atoms with Crippen molar-refractivity contribution in [3.63, 3.8) is 0 Å². The molecule has 1 saturated carbocycles. The highest BCUT2D eigenvalue weighted by molar-refractivity contribution is 9.10. The number of hydrogen-bond acceptors (Lipinski definition) is 1. The van der Waals surface area contributed by atoms with Crippen LogP contribution < -0.4 is 0 Å². The molecule has 0 aromatic carbocycles. The van der Waals surface area contributed by atoms with Crippen molar-refractivity contribution in [1.82, 2.24) is 4.90 Å². The summed E-state index contributed by atoms with van der Waals surface area (Å²) in [7, 11) is 1.76. The van der Waals surface area contributed by atoms with E-state index in [0.717, 1.165) is 19.3 Å². The molecule has 1 unspecified atom stereocenters. The molecule has 1 atom stereocenters. The van der Waals surface area contributed by atoms with E-state index in [0.29, 0.717) is 0 Å². The lowest BCUT2D eigenvalue weighted by Gasteiger charge is -2.38. The first-order valence-electron chi connectivity index (χ1n) is 4.43. The normalized spacial score (nSPS) is 21.1. The van der Waals surface area contributed by atoms with Crippen LogP contribution in [0.1, 0.15) is 26.2 Å². The molecule has 0 saturated heterocycles. The Morgan fingerprint density at radius 2 is 2.23 bits per heavy atom. The number of hydrogen-bond donors (Lipinski definition) is 0. The Kier molecular flexibility index (Phi) is 3.02. The van der Waals surface area contributed by atoms with Gasteiger partial charge in [0, 0.05) is 7.05 Å². The second kappa shape index (κ2) is 3.71. The van der Waals surface area contributed by atoms with Crippen molar-refractivity contribution in [2.75, 3.05) is 7.05 Å². The summed E-state index contributed by atoms with van der Waals surface area (Å²) < 4.78 is -0.313. The smallest absolute Gasteiger partial charge is 0.240 e. The molecule has 1 aliphatic rings. The van der Waals surface area contributed by atoms with E-state index >= 15 is 0 Å². The van der Waals surface area contributed by atoms with E-state index in [1.807, 2.05) is 6.92 Å². The topological polar surface area (TPSA) is 20.3 Å². The van der Waals surface area contributed by atoms with Crippen LogP contribution in [0.25, 0.3) is 0 Å². The maximum atomic E-state index is 11.8. The molecule has 0 spiro atoms. The summed E-state index contributed by atoms with van der Waals surface area (Å²) in [6, 6.07) is -0.123. The van der Waals surface area contributed by atoms with Crippen LogP contribution in [0, 0.1) is 12.3 Å². The van der Waals surface area contributed by atoms with Crippen molar-refractivity contribution in [2.45, 2.75) is 36.6 Å². The molecule has 1 aliphatic carbocycles. The Labute approximate surface area is 87.8 Å². The van der Waals surface area contributed by atoms with Gasteiger partial charge in [0.2, 0.25) is 5.91 Å². The lowest BCUT2D eigenvalue weighted by atomic mass is 9.84. The summed E-state index contributed by atoms with van der Waals surface area (Å²) in [4.78, 5) is 13.5. The molecular weight excluding hydrogens is 230 g/mol. The molecule has 0 radical (unpaired) electrons. The summed E-state index contributed by atoms with van der Waals surface area (Å²) in [6.45, 7) is 1.85. The van der Waals surface area contributed by atoms with E-state index in [1.165, 1.54) is 0 Å². The van der Waals surface area contributed by atoms with Crippen molar-refractivity contribution < 1.29 is 4.79 Å². The number of rotatable bonds is 2. The number of alkyl halides is 1. The van der Waals surface area contributed by atoms with Crippen LogP contribution in [0.3, 0.4) is 0 Å². The third-order valence-electron chi connectivity index (χ3n) is 2.67. The monoisotopic (exact) mass is 243 g/mol. The number of carbonyl (C=O) groups is 1. The molecule has 0 aromatic rings. The minimum atomic E-state index is -0.313. The Hall–Kier alpha value is -0.490. The number of amides is 1. The fraction of sp³-hybridized carbons (Fsp3) is 0.700. The molecule has 72 valence electrons. The van der Waals surface area contributed by atoms with E-state index < -0.39 is 0 Å². The number of carbonyl (C=O) groups excluding carboxylic acids is 1. The maximum Gasteiger partial charge on any atom is 0.240 e. The molecule has 0 heterocycles. The van der Waals surface area contributed by atoms with E-state index in [1.54, 1.807) is 11.9 Å². The molecule has 1 fully saturated rings. The minimum absolute atomic E-state index is 0.115. The predicted octanol–water partition coefficient (Wildman–Crippen LogP) is 1.78. The van der Waals surface area contributed by atoms with Gasteiger partial charge >= 0.3 is 0 Å². The average Bonchev–Trinajstić information content (AvgIpc) is 2.10. The second-order valence-electron chi connectivity index (χ2n) is 3.58. The van der Waals surface area contributed by atoms with E-state index in [9.17, 15) is 4.79 Å². The number of halogens is 1. The zero-order valence-electron chi connectivity index (χ0n) is 8.01. The van der Waals surface area contributed by atoms with Crippen LogP contribution in [-0.4, -0.2) is 28.2 Å². The van der Waals surface area contributed by atoms with Crippen molar-refractivity contribution in [3.05, 3.63) is 0 Å². The second-order valence-corrected chi connectivity index (χ2v) is 5.10. The summed E-state index contributed by atoms with van der Waals surface area (Å²) in [5, 5.41) is 0. The van der Waals surface area contributed by atoms with E-state index in [-0.39, 0.29) is 16.3 Å². The predicted molar refractivity (Wildman–Crippen MR) is 56.6 cm³/mol. The van der Waals surface area contributed by atoms with Gasteiger partial charge in [-0.2, -0.15) is 0 Å². The zero-order chi connectivity index (χ0) is 10.1. The van der Waals surface area contributed by atoms with Gasteiger partial charge in [0.25, 0.3) is 0 Å². The first-order chi connectivity index (χ1) is 6.01. The largest absolute Gasteiger partial charge is 0.331 e. The number of nitrogens with zero attached hydrogens (tertiary/aromatic N) is 1. The lowest BCUT2D eigenvalue weighted by Crippen LogP contribution is -2.50. The van der Waals surface area contributed by atoms with Gasteiger partial charge in [-0.05, 0) is 26.2 Å². The van der Waals surface area contributed by atoms with Crippen LogP contribution >= 0.6 is 15.9 Å². The first kappa shape index (κ1) is 10.6. The summed E-state index contributed by atoms with van der Waals surface area (Å²) in [5.74, 6) is 2.67. The van der Waals surface area contributed by atoms with Gasteiger partial charge < -0.3 is 4.90 Å².